The maximum Gasteiger partial charge on any atom is 0.317 e. The average Bonchev–Trinajstić information content (AvgIpc) is 2.29. The minimum atomic E-state index is 0.0962. The number of carbonyl (C=O) groups is 1. The molecule has 0 aromatic carbocycles. The summed E-state index contributed by atoms with van der Waals surface area (Å²) in [6.07, 6.45) is 4.29. The summed E-state index contributed by atoms with van der Waals surface area (Å²) in [5.74, 6) is 0.615. The van der Waals surface area contributed by atoms with Crippen LogP contribution in [0.3, 0.4) is 0 Å². The fraction of sp³-hybridized carbons (Fsp3) is 0.909. The number of nitrogens with one attached hydrogen (secondary N) is 1. The predicted molar refractivity (Wildman–Crippen MR) is 61.7 cm³/mol. The van der Waals surface area contributed by atoms with Crippen molar-refractivity contribution < 1.29 is 4.79 Å². The third-order valence-corrected chi connectivity index (χ3v) is 3.04. The molecule has 0 spiro atoms. The van der Waals surface area contributed by atoms with Crippen molar-refractivity contribution in [2.75, 3.05) is 26.2 Å². The second-order valence-electron chi connectivity index (χ2n) is 4.25. The van der Waals surface area contributed by atoms with Gasteiger partial charge in [0.05, 0.1) is 0 Å². The van der Waals surface area contributed by atoms with Crippen LogP contribution in [0.2, 0.25) is 0 Å². The number of unbranched alkanes of at least 4 members (excludes halogenated alkanes) is 1. The van der Waals surface area contributed by atoms with Crippen LogP contribution in [0.5, 0.6) is 0 Å². The van der Waals surface area contributed by atoms with Crippen molar-refractivity contribution in [3.63, 3.8) is 0 Å². The van der Waals surface area contributed by atoms with Gasteiger partial charge < -0.3 is 16.0 Å². The summed E-state index contributed by atoms with van der Waals surface area (Å²) in [4.78, 5) is 13.6. The van der Waals surface area contributed by atoms with E-state index < -0.39 is 0 Å². The Bertz CT molecular complexity index is 188. The molecule has 4 nitrogen and oxygen atoms in total. The molecule has 1 saturated heterocycles. The van der Waals surface area contributed by atoms with E-state index in [9.17, 15) is 4.79 Å². The van der Waals surface area contributed by atoms with E-state index in [0.29, 0.717) is 5.92 Å². The molecule has 88 valence electrons. The van der Waals surface area contributed by atoms with Crippen LogP contribution in [0, 0.1) is 5.92 Å². The highest BCUT2D eigenvalue weighted by Crippen LogP contribution is 2.15. The molecule has 0 radical (unpaired) electrons. The van der Waals surface area contributed by atoms with Gasteiger partial charge in [0, 0.05) is 19.6 Å². The molecule has 1 aliphatic rings. The van der Waals surface area contributed by atoms with Crippen LogP contribution in [-0.4, -0.2) is 37.1 Å². The van der Waals surface area contributed by atoms with E-state index in [-0.39, 0.29) is 6.03 Å². The van der Waals surface area contributed by atoms with Crippen LogP contribution in [0.4, 0.5) is 4.79 Å². The van der Waals surface area contributed by atoms with Crippen molar-refractivity contribution >= 4 is 6.03 Å². The van der Waals surface area contributed by atoms with Crippen LogP contribution in [0.15, 0.2) is 0 Å². The number of rotatable bonds is 4. The van der Waals surface area contributed by atoms with Crippen molar-refractivity contribution in [2.24, 2.45) is 11.7 Å². The highest BCUT2D eigenvalue weighted by Gasteiger charge is 2.21. The standard InChI is InChI=1S/C11H23N3O/c1-2-3-6-13-11(15)14-7-4-10(9-12)5-8-14/h10H,2-9,12H2,1H3,(H,13,15). The molecule has 2 amide bonds. The van der Waals surface area contributed by atoms with Gasteiger partial charge in [0.15, 0.2) is 0 Å². The van der Waals surface area contributed by atoms with E-state index in [1.54, 1.807) is 0 Å². The molecule has 3 N–H and O–H groups in total. The van der Waals surface area contributed by atoms with Gasteiger partial charge in [-0.15, -0.1) is 0 Å². The Morgan fingerprint density at radius 2 is 2.13 bits per heavy atom. The quantitative estimate of drug-likeness (QED) is 0.689. The Hall–Kier alpha value is -0.770. The van der Waals surface area contributed by atoms with E-state index in [0.717, 1.165) is 51.9 Å². The van der Waals surface area contributed by atoms with Crippen LogP contribution >= 0.6 is 0 Å². The SMILES string of the molecule is CCCCNC(=O)N1CCC(CN)CC1. The van der Waals surface area contributed by atoms with Gasteiger partial charge in [-0.1, -0.05) is 13.3 Å². The second kappa shape index (κ2) is 6.67. The van der Waals surface area contributed by atoms with Crippen LogP contribution < -0.4 is 11.1 Å². The van der Waals surface area contributed by atoms with Gasteiger partial charge in [0.1, 0.15) is 0 Å². The van der Waals surface area contributed by atoms with Crippen LogP contribution in [0.25, 0.3) is 0 Å². The molecule has 0 unspecified atom stereocenters. The monoisotopic (exact) mass is 213 g/mol. The van der Waals surface area contributed by atoms with Crippen LogP contribution in [-0.2, 0) is 0 Å². The highest BCUT2D eigenvalue weighted by atomic mass is 16.2. The molecule has 1 aliphatic heterocycles. The Kier molecular flexibility index (Phi) is 5.47. The third kappa shape index (κ3) is 4.08. The van der Waals surface area contributed by atoms with Gasteiger partial charge in [0.2, 0.25) is 0 Å². The zero-order valence-corrected chi connectivity index (χ0v) is 9.67. The first kappa shape index (κ1) is 12.3. The minimum absolute atomic E-state index is 0.0962. The van der Waals surface area contributed by atoms with Crippen molar-refractivity contribution in [2.45, 2.75) is 32.6 Å². The Balaban J connectivity index is 2.18. The largest absolute Gasteiger partial charge is 0.338 e. The Labute approximate surface area is 92.2 Å². The highest BCUT2D eigenvalue weighted by molar-refractivity contribution is 5.74. The number of piperidine rings is 1. The number of carbonyl (C=O) groups excluding carboxylic acids is 1. The summed E-state index contributed by atoms with van der Waals surface area (Å²) >= 11 is 0. The summed E-state index contributed by atoms with van der Waals surface area (Å²) in [5, 5.41) is 2.94. The molecule has 0 saturated carbocycles. The smallest absolute Gasteiger partial charge is 0.317 e. The number of likely N-dealkylation sites (tertiary alicyclic amines) is 1. The number of amides is 2. The molecule has 15 heavy (non-hydrogen) atoms. The Morgan fingerprint density at radius 1 is 1.47 bits per heavy atom. The zero-order chi connectivity index (χ0) is 11.1. The normalized spacial score (nSPS) is 17.9. The molecular formula is C11H23N3O. The molecular weight excluding hydrogens is 190 g/mol. The summed E-state index contributed by atoms with van der Waals surface area (Å²) in [7, 11) is 0. The summed E-state index contributed by atoms with van der Waals surface area (Å²) in [6.45, 7) is 5.40. The lowest BCUT2D eigenvalue weighted by Gasteiger charge is -2.31. The third-order valence-electron chi connectivity index (χ3n) is 3.04. The molecule has 1 heterocycles. The predicted octanol–water partition coefficient (Wildman–Crippen LogP) is 1.17. The lowest BCUT2D eigenvalue weighted by molar-refractivity contribution is 0.172. The van der Waals surface area contributed by atoms with E-state index in [1.807, 2.05) is 4.90 Å². The van der Waals surface area contributed by atoms with Gasteiger partial charge in [-0.05, 0) is 31.7 Å². The lowest BCUT2D eigenvalue weighted by Crippen LogP contribution is -2.45. The minimum Gasteiger partial charge on any atom is -0.338 e. The maximum atomic E-state index is 11.7. The second-order valence-corrected chi connectivity index (χ2v) is 4.25. The van der Waals surface area contributed by atoms with Gasteiger partial charge in [0.25, 0.3) is 0 Å². The number of hydrogen-bond donors (Lipinski definition) is 2. The number of nitrogens with zero attached hydrogens (tertiary/aromatic N) is 1. The fourth-order valence-corrected chi connectivity index (χ4v) is 1.86. The molecule has 0 bridgehead atoms. The van der Waals surface area contributed by atoms with Crippen molar-refractivity contribution in [1.82, 2.24) is 10.2 Å². The summed E-state index contributed by atoms with van der Waals surface area (Å²) in [6, 6.07) is 0.0962. The van der Waals surface area contributed by atoms with Gasteiger partial charge in [-0.25, -0.2) is 4.79 Å². The number of urea groups is 1. The zero-order valence-electron chi connectivity index (χ0n) is 9.67. The van der Waals surface area contributed by atoms with Crippen molar-refractivity contribution in [3.8, 4) is 0 Å². The molecule has 0 atom stereocenters. The Morgan fingerprint density at radius 3 is 2.67 bits per heavy atom. The molecule has 1 rings (SSSR count). The molecule has 0 aromatic heterocycles. The van der Waals surface area contributed by atoms with E-state index in [1.165, 1.54) is 0 Å². The first-order chi connectivity index (χ1) is 7.27. The van der Waals surface area contributed by atoms with Gasteiger partial charge in [-0.3, -0.25) is 0 Å². The van der Waals surface area contributed by atoms with E-state index >= 15 is 0 Å². The number of nitrogens with two attached hydrogens (primary N) is 1. The molecule has 0 aliphatic carbocycles. The van der Waals surface area contributed by atoms with Crippen LogP contribution in [0.1, 0.15) is 32.6 Å². The summed E-state index contributed by atoms with van der Waals surface area (Å²) < 4.78 is 0. The first-order valence-corrected chi connectivity index (χ1v) is 6.00. The summed E-state index contributed by atoms with van der Waals surface area (Å²) in [5.41, 5.74) is 5.60. The average molecular weight is 213 g/mol. The van der Waals surface area contributed by atoms with E-state index in [4.69, 9.17) is 5.73 Å². The lowest BCUT2D eigenvalue weighted by atomic mass is 9.97. The molecule has 0 aromatic rings. The topological polar surface area (TPSA) is 58.4 Å². The van der Waals surface area contributed by atoms with Crippen molar-refractivity contribution in [3.05, 3.63) is 0 Å². The van der Waals surface area contributed by atoms with E-state index in [2.05, 4.69) is 12.2 Å². The van der Waals surface area contributed by atoms with Crippen molar-refractivity contribution in [1.29, 1.82) is 0 Å². The first-order valence-electron chi connectivity index (χ1n) is 6.00. The molecule has 1 fully saturated rings. The molecule has 4 heteroatoms. The van der Waals surface area contributed by atoms with Gasteiger partial charge >= 0.3 is 6.03 Å². The number of hydrogen-bond acceptors (Lipinski definition) is 2. The fourth-order valence-electron chi connectivity index (χ4n) is 1.86. The maximum absolute atomic E-state index is 11.7. The van der Waals surface area contributed by atoms with Gasteiger partial charge in [-0.2, -0.15) is 0 Å².